The van der Waals surface area contributed by atoms with Crippen molar-refractivity contribution in [1.29, 1.82) is 0 Å². The topological polar surface area (TPSA) is 30.0 Å². The van der Waals surface area contributed by atoms with E-state index in [-0.39, 0.29) is 0 Å². The van der Waals surface area contributed by atoms with E-state index in [1.165, 1.54) is 5.57 Å². The lowest BCUT2D eigenvalue weighted by Crippen LogP contribution is -1.88. The van der Waals surface area contributed by atoms with Gasteiger partial charge in [0, 0.05) is 23.3 Å². The summed E-state index contributed by atoms with van der Waals surface area (Å²) in [4.78, 5) is 14.5. The molecule has 0 bridgehead atoms. The normalized spacial score (nSPS) is 11.5. The first kappa shape index (κ1) is 12.1. The first-order valence-electron chi connectivity index (χ1n) is 5.01. The number of allylic oxidation sites excluding steroid dienone is 2. The molecule has 0 aromatic carbocycles. The summed E-state index contributed by atoms with van der Waals surface area (Å²) in [5.74, 6) is 0. The van der Waals surface area contributed by atoms with E-state index in [0.717, 1.165) is 29.2 Å². The summed E-state index contributed by atoms with van der Waals surface area (Å²) in [5.41, 5.74) is 2.28. The van der Waals surface area contributed by atoms with Gasteiger partial charge in [0.25, 0.3) is 0 Å². The summed E-state index contributed by atoms with van der Waals surface area (Å²) in [7, 11) is 0. The lowest BCUT2D eigenvalue weighted by Gasteiger charge is -2.05. The third-order valence-electron chi connectivity index (χ3n) is 2.06. The van der Waals surface area contributed by atoms with Crippen molar-refractivity contribution in [2.45, 2.75) is 26.2 Å². The van der Waals surface area contributed by atoms with Gasteiger partial charge in [-0.05, 0) is 46.0 Å². The summed E-state index contributed by atoms with van der Waals surface area (Å²) >= 11 is 3.39. The molecule has 0 aliphatic carbocycles. The van der Waals surface area contributed by atoms with Crippen LogP contribution in [0.3, 0.4) is 0 Å². The predicted octanol–water partition coefficient (Wildman–Crippen LogP) is 3.62. The highest BCUT2D eigenvalue weighted by Gasteiger charge is 2.01. The van der Waals surface area contributed by atoms with E-state index >= 15 is 0 Å². The van der Waals surface area contributed by atoms with Crippen LogP contribution in [0.4, 0.5) is 0 Å². The quantitative estimate of drug-likeness (QED) is 0.763. The molecule has 0 atom stereocenters. The van der Waals surface area contributed by atoms with Crippen LogP contribution in [0.5, 0.6) is 0 Å². The van der Waals surface area contributed by atoms with E-state index in [4.69, 9.17) is 0 Å². The third-order valence-corrected chi connectivity index (χ3v) is 2.49. The van der Waals surface area contributed by atoms with Crippen LogP contribution in [-0.2, 0) is 4.79 Å². The number of nitrogens with zero attached hydrogens (tertiary/aromatic N) is 1. The third kappa shape index (κ3) is 3.96. The minimum atomic E-state index is 0.568. The smallest absolute Gasteiger partial charge is 0.120 e. The first-order valence-corrected chi connectivity index (χ1v) is 5.80. The second kappa shape index (κ2) is 6.51. The van der Waals surface area contributed by atoms with Crippen molar-refractivity contribution in [1.82, 2.24) is 4.98 Å². The number of carbonyl (C=O) groups is 1. The molecule has 1 rings (SSSR count). The molecular formula is C12H14BrNO. The zero-order chi connectivity index (χ0) is 11.1. The van der Waals surface area contributed by atoms with Gasteiger partial charge in [-0.1, -0.05) is 13.0 Å². The molecule has 0 aliphatic rings. The van der Waals surface area contributed by atoms with Crippen LogP contribution in [0.15, 0.2) is 29.0 Å². The maximum absolute atomic E-state index is 10.4. The van der Waals surface area contributed by atoms with Gasteiger partial charge in [-0.15, -0.1) is 0 Å². The Hall–Kier alpha value is -0.960. The Morgan fingerprint density at radius 2 is 2.33 bits per heavy atom. The summed E-state index contributed by atoms with van der Waals surface area (Å²) in [5, 5.41) is 0. The number of hydrogen-bond acceptors (Lipinski definition) is 2. The highest BCUT2D eigenvalue weighted by atomic mass is 79.9. The minimum Gasteiger partial charge on any atom is -0.303 e. The standard InChI is InChI=1S/C12H14BrNO/c1-2-4-10(5-3-6-15)11-7-12(13)9-14-8-11/h4,6-9H,2-3,5H2,1H3/b10-4-. The van der Waals surface area contributed by atoms with Crippen LogP contribution < -0.4 is 0 Å². The molecule has 0 saturated heterocycles. The van der Waals surface area contributed by atoms with Gasteiger partial charge < -0.3 is 4.79 Å². The highest BCUT2D eigenvalue weighted by Crippen LogP contribution is 2.22. The van der Waals surface area contributed by atoms with Gasteiger partial charge in [0.05, 0.1) is 0 Å². The predicted molar refractivity (Wildman–Crippen MR) is 65.5 cm³/mol. The van der Waals surface area contributed by atoms with Crippen LogP contribution in [0.2, 0.25) is 0 Å². The molecule has 15 heavy (non-hydrogen) atoms. The van der Waals surface area contributed by atoms with E-state index in [0.29, 0.717) is 6.42 Å². The SMILES string of the molecule is CC/C=C(/CCC=O)c1cncc(Br)c1. The monoisotopic (exact) mass is 267 g/mol. The van der Waals surface area contributed by atoms with E-state index in [1.54, 1.807) is 6.20 Å². The molecule has 0 radical (unpaired) electrons. The molecule has 2 nitrogen and oxygen atoms in total. The van der Waals surface area contributed by atoms with Gasteiger partial charge in [0.15, 0.2) is 0 Å². The number of rotatable bonds is 5. The summed E-state index contributed by atoms with van der Waals surface area (Å²) in [6.07, 6.45) is 9.01. The van der Waals surface area contributed by atoms with Gasteiger partial charge in [0.2, 0.25) is 0 Å². The number of aromatic nitrogens is 1. The van der Waals surface area contributed by atoms with Crippen molar-refractivity contribution in [2.24, 2.45) is 0 Å². The molecule has 3 heteroatoms. The second-order valence-corrected chi connectivity index (χ2v) is 4.15. The lowest BCUT2D eigenvalue weighted by molar-refractivity contribution is -0.107. The van der Waals surface area contributed by atoms with Crippen LogP contribution >= 0.6 is 15.9 Å². The fourth-order valence-electron chi connectivity index (χ4n) is 1.41. The molecule has 0 amide bonds. The van der Waals surface area contributed by atoms with E-state index in [2.05, 4.69) is 33.9 Å². The van der Waals surface area contributed by atoms with Gasteiger partial charge in [-0.3, -0.25) is 4.98 Å². The maximum Gasteiger partial charge on any atom is 0.120 e. The molecule has 1 heterocycles. The summed E-state index contributed by atoms with van der Waals surface area (Å²) < 4.78 is 0.966. The van der Waals surface area contributed by atoms with Crippen LogP contribution in [0.25, 0.3) is 5.57 Å². The van der Waals surface area contributed by atoms with Crippen LogP contribution in [0.1, 0.15) is 31.7 Å². The Kier molecular flexibility index (Phi) is 5.26. The Labute approximate surface area is 98.5 Å². The van der Waals surface area contributed by atoms with E-state index in [1.807, 2.05) is 12.3 Å². The zero-order valence-electron chi connectivity index (χ0n) is 8.74. The molecular weight excluding hydrogens is 254 g/mol. The van der Waals surface area contributed by atoms with Gasteiger partial charge in [-0.2, -0.15) is 0 Å². The number of carbonyl (C=O) groups excluding carboxylic acids is 1. The van der Waals surface area contributed by atoms with Crippen molar-refractivity contribution in [3.8, 4) is 0 Å². The number of hydrogen-bond donors (Lipinski definition) is 0. The number of pyridine rings is 1. The maximum atomic E-state index is 10.4. The number of halogens is 1. The average Bonchev–Trinajstić information content (AvgIpc) is 2.24. The second-order valence-electron chi connectivity index (χ2n) is 3.23. The van der Waals surface area contributed by atoms with E-state index < -0.39 is 0 Å². The molecule has 80 valence electrons. The Bertz CT molecular complexity index is 360. The van der Waals surface area contributed by atoms with Gasteiger partial charge in [-0.25, -0.2) is 0 Å². The molecule has 0 N–H and O–H groups in total. The molecule has 0 aliphatic heterocycles. The number of aldehydes is 1. The van der Waals surface area contributed by atoms with Crippen molar-refractivity contribution >= 4 is 27.8 Å². The fraction of sp³-hybridized carbons (Fsp3) is 0.333. The molecule has 1 aromatic heterocycles. The zero-order valence-corrected chi connectivity index (χ0v) is 10.3. The van der Waals surface area contributed by atoms with Crippen LogP contribution in [-0.4, -0.2) is 11.3 Å². The van der Waals surface area contributed by atoms with Gasteiger partial charge in [0.1, 0.15) is 6.29 Å². The Morgan fingerprint density at radius 1 is 1.53 bits per heavy atom. The minimum absolute atomic E-state index is 0.568. The molecule has 1 aromatic rings. The molecule has 0 saturated carbocycles. The highest BCUT2D eigenvalue weighted by molar-refractivity contribution is 9.10. The Balaban J connectivity index is 2.88. The van der Waals surface area contributed by atoms with Crippen molar-refractivity contribution in [2.75, 3.05) is 0 Å². The van der Waals surface area contributed by atoms with Crippen molar-refractivity contribution in [3.63, 3.8) is 0 Å². The first-order chi connectivity index (χ1) is 7.27. The van der Waals surface area contributed by atoms with E-state index in [9.17, 15) is 4.79 Å². The average molecular weight is 268 g/mol. The van der Waals surface area contributed by atoms with Crippen LogP contribution in [0, 0.1) is 0 Å². The van der Waals surface area contributed by atoms with Crippen molar-refractivity contribution in [3.05, 3.63) is 34.6 Å². The van der Waals surface area contributed by atoms with Crippen molar-refractivity contribution < 1.29 is 4.79 Å². The lowest BCUT2D eigenvalue weighted by atomic mass is 10.0. The molecule has 0 unspecified atom stereocenters. The fourth-order valence-corrected chi connectivity index (χ4v) is 1.78. The van der Waals surface area contributed by atoms with Gasteiger partial charge >= 0.3 is 0 Å². The Morgan fingerprint density at radius 3 is 2.93 bits per heavy atom. The molecule has 0 spiro atoms. The summed E-state index contributed by atoms with van der Waals surface area (Å²) in [6, 6.07) is 2.03. The molecule has 0 fully saturated rings. The summed E-state index contributed by atoms with van der Waals surface area (Å²) in [6.45, 7) is 2.09. The largest absolute Gasteiger partial charge is 0.303 e.